The van der Waals surface area contributed by atoms with Gasteiger partial charge in [0.15, 0.2) is 0 Å². The first-order valence-electron chi connectivity index (χ1n) is 9.20. The van der Waals surface area contributed by atoms with Crippen molar-refractivity contribution in [3.63, 3.8) is 0 Å². The second-order valence-corrected chi connectivity index (χ2v) is 7.66. The Morgan fingerprint density at radius 2 is 1.83 bits per heavy atom. The lowest BCUT2D eigenvalue weighted by Crippen LogP contribution is -3.18. The van der Waals surface area contributed by atoms with Crippen LogP contribution in [0.2, 0.25) is 0 Å². The molecule has 1 aromatic heterocycles. The maximum absolute atomic E-state index is 12.1. The number of nitrogens with one attached hydrogen (secondary N) is 1. The van der Waals surface area contributed by atoms with Gasteiger partial charge in [-0.05, 0) is 64.0 Å². The summed E-state index contributed by atoms with van der Waals surface area (Å²) >= 11 is 0. The summed E-state index contributed by atoms with van der Waals surface area (Å²) in [4.78, 5) is 13.6. The molecular weight excluding hydrogens is 302 g/mol. The van der Waals surface area contributed by atoms with E-state index in [0.29, 0.717) is 17.7 Å². The minimum absolute atomic E-state index is 0.231. The predicted octanol–water partition coefficient (Wildman–Crippen LogP) is 2.33. The zero-order valence-electron chi connectivity index (χ0n) is 14.5. The van der Waals surface area contributed by atoms with Gasteiger partial charge >= 0.3 is 5.63 Å². The molecule has 4 heteroatoms. The average Bonchev–Trinajstić information content (AvgIpc) is 3.02. The van der Waals surface area contributed by atoms with Crippen LogP contribution in [0.25, 0.3) is 11.0 Å². The molecule has 2 N–H and O–H groups in total. The number of hydrogen-bond donors (Lipinski definition) is 2. The molecule has 1 aliphatic heterocycles. The summed E-state index contributed by atoms with van der Waals surface area (Å²) in [5, 5.41) is 11.5. The van der Waals surface area contributed by atoms with Crippen molar-refractivity contribution in [2.45, 2.75) is 71.0 Å². The molecule has 1 fully saturated rings. The van der Waals surface area contributed by atoms with Crippen molar-refractivity contribution in [3.05, 3.63) is 39.2 Å². The first-order valence-corrected chi connectivity index (χ1v) is 9.20. The number of benzene rings is 1. The van der Waals surface area contributed by atoms with Crippen molar-refractivity contribution in [1.82, 2.24) is 0 Å². The largest absolute Gasteiger partial charge is 0.507 e. The van der Waals surface area contributed by atoms with Gasteiger partial charge in [-0.3, -0.25) is 0 Å². The molecule has 1 aromatic carbocycles. The molecule has 4 rings (SSSR count). The first kappa shape index (κ1) is 15.7. The first-order chi connectivity index (χ1) is 11.5. The van der Waals surface area contributed by atoms with Gasteiger partial charge in [0, 0.05) is 22.6 Å². The van der Waals surface area contributed by atoms with Gasteiger partial charge in [0.1, 0.15) is 17.9 Å². The number of aromatic hydroxyl groups is 1. The van der Waals surface area contributed by atoms with Crippen LogP contribution in [0.15, 0.2) is 21.3 Å². The van der Waals surface area contributed by atoms with Crippen LogP contribution in [0, 0.1) is 0 Å². The molecule has 24 heavy (non-hydrogen) atoms. The van der Waals surface area contributed by atoms with Crippen LogP contribution in [-0.2, 0) is 19.4 Å². The van der Waals surface area contributed by atoms with E-state index < -0.39 is 0 Å². The van der Waals surface area contributed by atoms with Gasteiger partial charge in [0.25, 0.3) is 0 Å². The number of phenolic OH excluding ortho intramolecular Hbond substituents is 1. The molecule has 0 amide bonds. The monoisotopic (exact) mass is 328 g/mol. The fraction of sp³-hybridized carbons (Fsp3) is 0.550. The van der Waals surface area contributed by atoms with E-state index in [2.05, 4.69) is 19.9 Å². The SMILES string of the molecule is C[C@@H]1CCC[C@@H](C)[NH+]1Cc1cc2c3c(c(=O)oc2cc1O)CCC3. The third kappa shape index (κ3) is 2.53. The van der Waals surface area contributed by atoms with Crippen LogP contribution in [0.1, 0.15) is 56.2 Å². The Kier molecular flexibility index (Phi) is 3.87. The van der Waals surface area contributed by atoms with E-state index >= 15 is 0 Å². The lowest BCUT2D eigenvalue weighted by Gasteiger charge is -2.36. The van der Waals surface area contributed by atoms with Crippen LogP contribution < -0.4 is 10.5 Å². The highest BCUT2D eigenvalue weighted by Crippen LogP contribution is 2.31. The van der Waals surface area contributed by atoms with E-state index in [1.807, 2.05) is 0 Å². The average molecular weight is 328 g/mol. The summed E-state index contributed by atoms with van der Waals surface area (Å²) in [6.07, 6.45) is 6.56. The summed E-state index contributed by atoms with van der Waals surface area (Å²) in [6, 6.07) is 4.94. The fourth-order valence-corrected chi connectivity index (χ4v) is 4.66. The molecule has 2 atom stereocenters. The highest BCUT2D eigenvalue weighted by molar-refractivity contribution is 5.84. The number of quaternary nitrogens is 1. The van der Waals surface area contributed by atoms with Gasteiger partial charge in [0.2, 0.25) is 0 Å². The van der Waals surface area contributed by atoms with Crippen LogP contribution >= 0.6 is 0 Å². The van der Waals surface area contributed by atoms with Crippen LogP contribution in [0.3, 0.4) is 0 Å². The van der Waals surface area contributed by atoms with E-state index in [-0.39, 0.29) is 11.4 Å². The van der Waals surface area contributed by atoms with Gasteiger partial charge in [-0.1, -0.05) is 0 Å². The van der Waals surface area contributed by atoms with E-state index in [1.165, 1.54) is 19.3 Å². The number of likely N-dealkylation sites (tertiary alicyclic amines) is 1. The number of piperidine rings is 1. The maximum atomic E-state index is 12.1. The van der Waals surface area contributed by atoms with Crippen molar-refractivity contribution in [1.29, 1.82) is 0 Å². The Hall–Kier alpha value is -1.81. The maximum Gasteiger partial charge on any atom is 0.339 e. The van der Waals surface area contributed by atoms with E-state index in [4.69, 9.17) is 4.42 Å². The molecular formula is C20H26NO3+. The zero-order valence-corrected chi connectivity index (χ0v) is 14.5. The highest BCUT2D eigenvalue weighted by atomic mass is 16.4. The van der Waals surface area contributed by atoms with Crippen molar-refractivity contribution < 1.29 is 14.4 Å². The smallest absolute Gasteiger partial charge is 0.339 e. The minimum Gasteiger partial charge on any atom is -0.507 e. The quantitative estimate of drug-likeness (QED) is 0.832. The van der Waals surface area contributed by atoms with E-state index in [1.54, 1.807) is 11.0 Å². The molecule has 0 radical (unpaired) electrons. The lowest BCUT2D eigenvalue weighted by atomic mass is 9.96. The Morgan fingerprint density at radius 1 is 1.12 bits per heavy atom. The molecule has 0 saturated carbocycles. The third-order valence-electron chi connectivity index (χ3n) is 6.11. The zero-order chi connectivity index (χ0) is 16.8. The molecule has 128 valence electrons. The number of phenols is 1. The van der Waals surface area contributed by atoms with Gasteiger partial charge in [-0.25, -0.2) is 4.79 Å². The van der Waals surface area contributed by atoms with Crippen molar-refractivity contribution in [2.75, 3.05) is 0 Å². The van der Waals surface area contributed by atoms with Gasteiger partial charge in [-0.2, -0.15) is 0 Å². The summed E-state index contributed by atoms with van der Waals surface area (Å²) in [7, 11) is 0. The normalized spacial score (nSPS) is 24.4. The molecule has 0 bridgehead atoms. The molecule has 0 spiro atoms. The fourth-order valence-electron chi connectivity index (χ4n) is 4.66. The number of fused-ring (bicyclic) bond motifs is 3. The summed E-state index contributed by atoms with van der Waals surface area (Å²) in [6.45, 7) is 5.44. The standard InChI is InChI=1S/C20H25NO3/c1-12-5-3-6-13(2)21(12)11-14-9-17-15-7-4-8-16(15)20(23)24-19(17)10-18(14)22/h9-10,12-13,22H,3-8,11H2,1-2H3/p+1/t12-,13-/m1/s1. The highest BCUT2D eigenvalue weighted by Gasteiger charge is 2.29. The molecule has 4 nitrogen and oxygen atoms in total. The van der Waals surface area contributed by atoms with E-state index in [9.17, 15) is 9.90 Å². The molecule has 1 aliphatic carbocycles. The number of aryl methyl sites for hydroxylation is 1. The Balaban J connectivity index is 1.77. The Morgan fingerprint density at radius 3 is 2.58 bits per heavy atom. The predicted molar refractivity (Wildman–Crippen MR) is 93.6 cm³/mol. The second-order valence-electron chi connectivity index (χ2n) is 7.66. The second kappa shape index (κ2) is 5.92. The third-order valence-corrected chi connectivity index (χ3v) is 6.11. The Bertz CT molecular complexity index is 829. The summed E-state index contributed by atoms with van der Waals surface area (Å²) < 4.78 is 5.45. The van der Waals surface area contributed by atoms with Crippen molar-refractivity contribution in [3.8, 4) is 5.75 Å². The molecule has 0 unspecified atom stereocenters. The molecule has 2 heterocycles. The van der Waals surface area contributed by atoms with Crippen LogP contribution in [-0.4, -0.2) is 17.2 Å². The Labute approximate surface area is 142 Å². The van der Waals surface area contributed by atoms with Gasteiger partial charge in [0.05, 0.1) is 12.1 Å². The van der Waals surface area contributed by atoms with Crippen LogP contribution in [0.4, 0.5) is 0 Å². The number of rotatable bonds is 2. The van der Waals surface area contributed by atoms with Crippen molar-refractivity contribution >= 4 is 11.0 Å². The molecule has 2 aromatic rings. The summed E-state index contributed by atoms with van der Waals surface area (Å²) in [5.41, 5.74) is 3.24. The van der Waals surface area contributed by atoms with E-state index in [0.717, 1.165) is 47.9 Å². The summed E-state index contributed by atoms with van der Waals surface area (Å²) in [5.74, 6) is 0.251. The lowest BCUT2D eigenvalue weighted by molar-refractivity contribution is -0.964. The topological polar surface area (TPSA) is 54.9 Å². The molecule has 2 aliphatic rings. The minimum atomic E-state index is -0.231. The van der Waals surface area contributed by atoms with Crippen molar-refractivity contribution in [2.24, 2.45) is 0 Å². The van der Waals surface area contributed by atoms with Gasteiger partial charge < -0.3 is 14.4 Å². The van der Waals surface area contributed by atoms with Gasteiger partial charge in [-0.15, -0.1) is 0 Å². The van der Waals surface area contributed by atoms with Crippen LogP contribution in [0.5, 0.6) is 5.75 Å². The number of hydrogen-bond acceptors (Lipinski definition) is 3. The molecule has 1 saturated heterocycles.